The number of rotatable bonds is 6. The molecular formula is C16H16N4O3. The topological polar surface area (TPSA) is 83.2 Å². The Morgan fingerprint density at radius 3 is 2.70 bits per heavy atom. The second kappa shape index (κ2) is 6.89. The summed E-state index contributed by atoms with van der Waals surface area (Å²) < 4.78 is 10.6. The maximum absolute atomic E-state index is 11.8. The van der Waals surface area contributed by atoms with Crippen LogP contribution in [0.1, 0.15) is 5.56 Å². The van der Waals surface area contributed by atoms with Crippen molar-refractivity contribution in [3.05, 3.63) is 59.3 Å². The first-order chi connectivity index (χ1) is 11.3. The molecule has 118 valence electrons. The molecule has 3 rings (SSSR count). The Hall–Kier alpha value is -2.93. The summed E-state index contributed by atoms with van der Waals surface area (Å²) in [6.45, 7) is 0.631. The van der Waals surface area contributed by atoms with Gasteiger partial charge in [-0.25, -0.2) is 4.98 Å². The van der Waals surface area contributed by atoms with Crippen molar-refractivity contribution < 1.29 is 14.3 Å². The van der Waals surface area contributed by atoms with E-state index in [4.69, 9.17) is 9.47 Å². The molecule has 1 heterocycles. The predicted molar refractivity (Wildman–Crippen MR) is 84.8 cm³/mol. The lowest BCUT2D eigenvalue weighted by atomic mass is 10.2. The van der Waals surface area contributed by atoms with Crippen LogP contribution in [0.2, 0.25) is 0 Å². The van der Waals surface area contributed by atoms with Gasteiger partial charge in [-0.2, -0.15) is 0 Å². The maximum Gasteiger partial charge on any atom is 0.292 e. The van der Waals surface area contributed by atoms with Gasteiger partial charge in [-0.05, 0) is 28.6 Å². The van der Waals surface area contributed by atoms with Crippen molar-refractivity contribution in [3.63, 3.8) is 0 Å². The minimum Gasteiger partial charge on any atom is -0.594 e. The predicted octanol–water partition coefficient (Wildman–Crippen LogP) is 1.86. The summed E-state index contributed by atoms with van der Waals surface area (Å²) in [6, 6.07) is 14.6. The van der Waals surface area contributed by atoms with E-state index < -0.39 is 0 Å². The molecule has 0 unspecified atom stereocenters. The molecule has 0 aliphatic heterocycles. The molecule has 0 saturated heterocycles. The lowest BCUT2D eigenvalue weighted by molar-refractivity contribution is -0.641. The van der Waals surface area contributed by atoms with Crippen molar-refractivity contribution >= 4 is 17.0 Å². The number of methoxy groups -OCH3 is 1. The fraction of sp³-hybridized carbons (Fsp3) is 0.188. The van der Waals surface area contributed by atoms with E-state index in [-0.39, 0.29) is 12.7 Å². The Labute approximate surface area is 133 Å². The van der Waals surface area contributed by atoms with Crippen molar-refractivity contribution in [2.24, 2.45) is 0 Å². The molecule has 0 spiro atoms. The zero-order valence-corrected chi connectivity index (χ0v) is 12.6. The fourth-order valence-corrected chi connectivity index (χ4v) is 2.08. The van der Waals surface area contributed by atoms with Crippen molar-refractivity contribution in [3.8, 4) is 5.75 Å². The average molecular weight is 312 g/mol. The van der Waals surface area contributed by atoms with Gasteiger partial charge in [-0.1, -0.05) is 24.3 Å². The van der Waals surface area contributed by atoms with Gasteiger partial charge < -0.3 is 20.0 Å². The van der Waals surface area contributed by atoms with Crippen LogP contribution < -0.4 is 14.9 Å². The molecule has 0 saturated carbocycles. The van der Waals surface area contributed by atoms with Crippen LogP contribution in [0.4, 0.5) is 5.95 Å². The smallest absolute Gasteiger partial charge is 0.292 e. The largest absolute Gasteiger partial charge is 0.594 e. The number of hydrogen-bond acceptors (Lipinski definition) is 6. The molecule has 0 atom stereocenters. The number of nitrogens with zero attached hydrogens (tertiary/aromatic N) is 3. The molecular weight excluding hydrogens is 296 g/mol. The van der Waals surface area contributed by atoms with E-state index in [0.29, 0.717) is 22.5 Å². The zero-order chi connectivity index (χ0) is 16.1. The normalized spacial score (nSPS) is 10.7. The van der Waals surface area contributed by atoms with Crippen molar-refractivity contribution in [2.45, 2.75) is 6.61 Å². The molecule has 0 aliphatic carbocycles. The molecule has 0 radical (unpaired) electrons. The number of para-hydroxylation sites is 2. The second-order valence-corrected chi connectivity index (χ2v) is 4.81. The van der Waals surface area contributed by atoms with E-state index >= 15 is 0 Å². The highest BCUT2D eigenvalue weighted by atomic mass is 16.5. The van der Waals surface area contributed by atoms with Gasteiger partial charge in [-0.15, -0.1) is 0 Å². The lowest BCUT2D eigenvalue weighted by Gasteiger charge is -2.07. The number of anilines is 1. The van der Waals surface area contributed by atoms with Gasteiger partial charge in [0.25, 0.3) is 11.5 Å². The summed E-state index contributed by atoms with van der Waals surface area (Å²) in [5.41, 5.74) is 2.03. The SMILES string of the molecule is COc1ccc(COCNc2nc3ccccc3[n+]([O-])n2)cc1. The standard InChI is InChI=1S/C16H16N4O3/c1-22-13-8-6-12(7-9-13)10-23-11-17-16-18-14-4-2-3-5-15(14)20(21)19-16/h2-9H,10-11H2,1H3,(H,17,18,19). The van der Waals surface area contributed by atoms with E-state index in [1.54, 1.807) is 25.3 Å². The van der Waals surface area contributed by atoms with E-state index in [9.17, 15) is 5.21 Å². The van der Waals surface area contributed by atoms with Crippen LogP contribution in [0.25, 0.3) is 11.0 Å². The third kappa shape index (κ3) is 3.64. The second-order valence-electron chi connectivity index (χ2n) is 4.81. The minimum absolute atomic E-state index is 0.199. The van der Waals surface area contributed by atoms with Gasteiger partial charge >= 0.3 is 0 Å². The lowest BCUT2D eigenvalue weighted by Crippen LogP contribution is -2.33. The summed E-state index contributed by atoms with van der Waals surface area (Å²) in [5.74, 6) is 1.03. The van der Waals surface area contributed by atoms with Gasteiger partial charge in [0.1, 0.15) is 18.0 Å². The Balaban J connectivity index is 1.56. The van der Waals surface area contributed by atoms with Gasteiger partial charge in [0.2, 0.25) is 0 Å². The maximum atomic E-state index is 11.8. The van der Waals surface area contributed by atoms with E-state index in [0.717, 1.165) is 11.3 Å². The van der Waals surface area contributed by atoms with Crippen LogP contribution in [-0.4, -0.2) is 23.9 Å². The first kappa shape index (κ1) is 15.0. The number of aromatic nitrogens is 3. The van der Waals surface area contributed by atoms with Gasteiger partial charge in [-0.3, -0.25) is 0 Å². The number of fused-ring (bicyclic) bond motifs is 1. The van der Waals surface area contributed by atoms with Crippen LogP contribution in [0.3, 0.4) is 0 Å². The van der Waals surface area contributed by atoms with E-state index in [1.807, 2.05) is 30.3 Å². The van der Waals surface area contributed by atoms with Crippen molar-refractivity contribution in [2.75, 3.05) is 19.2 Å². The Kier molecular flexibility index (Phi) is 4.49. The molecule has 0 fully saturated rings. The highest BCUT2D eigenvalue weighted by Crippen LogP contribution is 2.12. The number of ether oxygens (including phenoxy) is 2. The molecule has 1 aromatic heterocycles. The Bertz CT molecular complexity index is 793. The first-order valence-corrected chi connectivity index (χ1v) is 7.07. The highest BCUT2D eigenvalue weighted by Gasteiger charge is 2.09. The molecule has 0 bridgehead atoms. The monoisotopic (exact) mass is 312 g/mol. The van der Waals surface area contributed by atoms with Gasteiger partial charge in [0, 0.05) is 6.07 Å². The molecule has 3 aromatic rings. The van der Waals surface area contributed by atoms with Crippen LogP contribution in [0, 0.1) is 5.21 Å². The zero-order valence-electron chi connectivity index (χ0n) is 12.6. The highest BCUT2D eigenvalue weighted by molar-refractivity contribution is 5.71. The van der Waals surface area contributed by atoms with Gasteiger partial charge in [0.05, 0.1) is 18.8 Å². The molecule has 2 aromatic carbocycles. The van der Waals surface area contributed by atoms with Gasteiger partial charge in [0.15, 0.2) is 0 Å². The summed E-state index contributed by atoms with van der Waals surface area (Å²) in [5, 5.41) is 18.5. The summed E-state index contributed by atoms with van der Waals surface area (Å²) >= 11 is 0. The quantitative estimate of drug-likeness (QED) is 0.324. The fourth-order valence-electron chi connectivity index (χ4n) is 2.08. The third-order valence-electron chi connectivity index (χ3n) is 3.26. The number of nitrogens with one attached hydrogen (secondary N) is 1. The molecule has 23 heavy (non-hydrogen) atoms. The average Bonchev–Trinajstić information content (AvgIpc) is 2.59. The number of hydrogen-bond donors (Lipinski definition) is 1. The van der Waals surface area contributed by atoms with E-state index in [1.165, 1.54) is 0 Å². The molecule has 7 nitrogen and oxygen atoms in total. The summed E-state index contributed by atoms with van der Waals surface area (Å²) in [6.07, 6.45) is 0. The van der Waals surface area contributed by atoms with Crippen molar-refractivity contribution in [1.82, 2.24) is 10.1 Å². The summed E-state index contributed by atoms with van der Waals surface area (Å²) in [4.78, 5) is 4.81. The van der Waals surface area contributed by atoms with Crippen LogP contribution in [0.15, 0.2) is 48.5 Å². The Morgan fingerprint density at radius 1 is 1.13 bits per heavy atom. The molecule has 7 heteroatoms. The molecule has 1 N–H and O–H groups in total. The number of benzene rings is 2. The van der Waals surface area contributed by atoms with E-state index in [2.05, 4.69) is 15.4 Å². The van der Waals surface area contributed by atoms with Crippen molar-refractivity contribution in [1.29, 1.82) is 0 Å². The van der Waals surface area contributed by atoms with Crippen LogP contribution in [0.5, 0.6) is 5.75 Å². The minimum atomic E-state index is 0.199. The molecule has 0 aliphatic rings. The van der Waals surface area contributed by atoms with Crippen LogP contribution in [-0.2, 0) is 11.3 Å². The first-order valence-electron chi connectivity index (χ1n) is 7.07. The van der Waals surface area contributed by atoms with Crippen LogP contribution >= 0.6 is 0 Å². The molecule has 0 amide bonds. The Morgan fingerprint density at radius 2 is 1.91 bits per heavy atom. The summed E-state index contributed by atoms with van der Waals surface area (Å²) in [7, 11) is 1.63. The third-order valence-corrected chi connectivity index (χ3v) is 3.26.